The maximum atomic E-state index is 15.0. The zero-order chi connectivity index (χ0) is 26.2. The average molecular weight is 513 g/mol. The highest BCUT2D eigenvalue weighted by Crippen LogP contribution is 2.37. The van der Waals surface area contributed by atoms with Crippen molar-refractivity contribution in [3.05, 3.63) is 90.2 Å². The zero-order valence-electron chi connectivity index (χ0n) is 21.4. The van der Waals surface area contributed by atoms with Crippen molar-refractivity contribution in [1.29, 1.82) is 0 Å². The van der Waals surface area contributed by atoms with Gasteiger partial charge in [0.1, 0.15) is 29.8 Å². The van der Waals surface area contributed by atoms with Gasteiger partial charge in [-0.15, -0.1) is 11.3 Å². The molecule has 2 atom stereocenters. The van der Waals surface area contributed by atoms with E-state index in [9.17, 15) is 8.78 Å². The number of thiophene rings is 1. The Morgan fingerprint density at radius 2 is 1.86 bits per heavy atom. The van der Waals surface area contributed by atoms with Gasteiger partial charge in [-0.1, -0.05) is 39.1 Å². The molecule has 0 amide bonds. The summed E-state index contributed by atoms with van der Waals surface area (Å²) in [5.41, 5.74) is 1.47. The molecule has 0 saturated heterocycles. The van der Waals surface area contributed by atoms with Crippen molar-refractivity contribution in [3.8, 4) is 16.2 Å². The van der Waals surface area contributed by atoms with Crippen LogP contribution in [0, 0.1) is 11.7 Å². The van der Waals surface area contributed by atoms with Crippen LogP contribution in [0.5, 0.6) is 5.75 Å². The normalized spacial score (nSPS) is 13.4. The van der Waals surface area contributed by atoms with Crippen LogP contribution in [-0.4, -0.2) is 19.3 Å². The number of rotatable bonds is 13. The molecule has 0 N–H and O–H groups in total. The Labute approximate surface area is 216 Å². The lowest BCUT2D eigenvalue weighted by Gasteiger charge is -2.17. The fourth-order valence-electron chi connectivity index (χ4n) is 3.46. The van der Waals surface area contributed by atoms with Crippen LogP contribution in [0.2, 0.25) is 0 Å². The van der Waals surface area contributed by atoms with Crippen molar-refractivity contribution in [2.75, 3.05) is 13.2 Å². The van der Waals surface area contributed by atoms with Gasteiger partial charge in [-0.3, -0.25) is 0 Å². The first-order valence-corrected chi connectivity index (χ1v) is 13.0. The first-order chi connectivity index (χ1) is 17.2. The fraction of sp³-hybridized carbons (Fsp3) is 0.333. The number of allylic oxidation sites excluding steroid dienone is 2. The van der Waals surface area contributed by atoms with E-state index in [1.807, 2.05) is 52.0 Å². The molecule has 2 aromatic carbocycles. The van der Waals surface area contributed by atoms with Crippen molar-refractivity contribution in [2.45, 2.75) is 46.8 Å². The molecule has 0 spiro atoms. The van der Waals surface area contributed by atoms with Gasteiger partial charge in [0, 0.05) is 27.1 Å². The third-order valence-corrected chi connectivity index (χ3v) is 7.05. The Morgan fingerprint density at radius 3 is 2.56 bits per heavy atom. The summed E-state index contributed by atoms with van der Waals surface area (Å²) in [6, 6.07) is 12.8. The summed E-state index contributed by atoms with van der Waals surface area (Å²) < 4.78 is 47.4. The molecule has 0 bridgehead atoms. The third-order valence-electron chi connectivity index (χ3n) is 5.92. The summed E-state index contributed by atoms with van der Waals surface area (Å²) in [5.74, 6) is -0.0794. The van der Waals surface area contributed by atoms with Gasteiger partial charge in [0.05, 0.1) is 19.3 Å². The van der Waals surface area contributed by atoms with Crippen LogP contribution in [-0.2, 0) is 16.1 Å². The number of fused-ring (bicyclic) bond motifs is 1. The molecule has 1 aromatic heterocycles. The highest BCUT2D eigenvalue weighted by Gasteiger charge is 2.14. The minimum Gasteiger partial charge on any atom is -0.494 e. The number of hydrogen-bond acceptors (Lipinski definition) is 4. The summed E-state index contributed by atoms with van der Waals surface area (Å²) in [6.45, 7) is 16.5. The van der Waals surface area contributed by atoms with Crippen molar-refractivity contribution in [1.82, 2.24) is 0 Å². The minimum atomic E-state index is -0.501. The Morgan fingerprint density at radius 1 is 1.08 bits per heavy atom. The smallest absolute Gasteiger partial charge is 0.132 e. The van der Waals surface area contributed by atoms with Crippen LogP contribution in [0.15, 0.2) is 78.9 Å². The molecule has 3 aromatic rings. The van der Waals surface area contributed by atoms with Crippen molar-refractivity contribution in [3.63, 3.8) is 0 Å². The van der Waals surface area contributed by atoms with Gasteiger partial charge in [0.15, 0.2) is 0 Å². The lowest BCUT2D eigenvalue weighted by atomic mass is 10.0. The Hall–Kier alpha value is -2.96. The van der Waals surface area contributed by atoms with Crippen molar-refractivity contribution in [2.24, 2.45) is 5.92 Å². The zero-order valence-corrected chi connectivity index (χ0v) is 22.2. The lowest BCUT2D eigenvalue weighted by Crippen LogP contribution is -2.14. The van der Waals surface area contributed by atoms with Crippen LogP contribution in [0.25, 0.3) is 20.5 Å². The molecular formula is C30H34F2O3S. The Kier molecular flexibility index (Phi) is 9.85. The van der Waals surface area contributed by atoms with Gasteiger partial charge in [-0.25, -0.2) is 8.78 Å². The number of benzene rings is 2. The molecule has 0 fully saturated rings. The summed E-state index contributed by atoms with van der Waals surface area (Å²) >= 11 is 1.51. The van der Waals surface area contributed by atoms with Crippen LogP contribution in [0.3, 0.4) is 0 Å². The molecular weight excluding hydrogens is 478 g/mol. The minimum absolute atomic E-state index is 0.0725. The van der Waals surface area contributed by atoms with Gasteiger partial charge in [-0.05, 0) is 67.1 Å². The number of ether oxygens (including phenoxy) is 3. The largest absolute Gasteiger partial charge is 0.494 e. The second-order valence-corrected chi connectivity index (χ2v) is 9.87. The monoisotopic (exact) mass is 512 g/mol. The van der Waals surface area contributed by atoms with Gasteiger partial charge in [0.25, 0.3) is 0 Å². The van der Waals surface area contributed by atoms with E-state index in [1.54, 1.807) is 12.1 Å². The van der Waals surface area contributed by atoms with E-state index in [-0.39, 0.29) is 30.2 Å². The maximum absolute atomic E-state index is 15.0. The summed E-state index contributed by atoms with van der Waals surface area (Å²) in [4.78, 5) is 0.836. The van der Waals surface area contributed by atoms with E-state index in [0.29, 0.717) is 29.9 Å². The molecule has 2 unspecified atom stereocenters. The molecule has 0 aliphatic heterocycles. The van der Waals surface area contributed by atoms with Gasteiger partial charge < -0.3 is 14.2 Å². The fourth-order valence-corrected chi connectivity index (χ4v) is 4.58. The molecule has 6 heteroatoms. The van der Waals surface area contributed by atoms with Gasteiger partial charge in [0.2, 0.25) is 0 Å². The number of hydrogen-bond donors (Lipinski definition) is 0. The van der Waals surface area contributed by atoms with E-state index in [2.05, 4.69) is 13.2 Å². The Balaban J connectivity index is 1.61. The number of halogens is 2. The van der Waals surface area contributed by atoms with E-state index in [1.165, 1.54) is 23.5 Å². The molecule has 0 aliphatic rings. The lowest BCUT2D eigenvalue weighted by molar-refractivity contribution is 0.0486. The second kappa shape index (κ2) is 12.8. The van der Waals surface area contributed by atoms with Crippen molar-refractivity contribution < 1.29 is 23.0 Å². The molecule has 0 radical (unpaired) electrons. The van der Waals surface area contributed by atoms with E-state index in [4.69, 9.17) is 14.2 Å². The van der Waals surface area contributed by atoms with Crippen molar-refractivity contribution >= 4 is 21.4 Å². The predicted octanol–water partition coefficient (Wildman–Crippen LogP) is 9.00. The standard InChI is InChI=1S/C30H34F2O3S/c1-7-20(4)34-17-19(3)22(6)27(31)13-21(5)35-18-23-9-12-26(28(32)14-23)30-15-24-10-11-25(33-8-2)16-29(24)36-30/h9-16,19-20H,5-8,17-18H2,1-4H3/b27-13+. The summed E-state index contributed by atoms with van der Waals surface area (Å²) in [5, 5.41) is 1.04. The van der Waals surface area contributed by atoms with E-state index < -0.39 is 5.83 Å². The predicted molar refractivity (Wildman–Crippen MR) is 146 cm³/mol. The molecule has 36 heavy (non-hydrogen) atoms. The molecule has 0 aliphatic carbocycles. The SMILES string of the molecule is C=C(/C=C(/F)C(=C)C(C)COC(C)CC)OCc1ccc(-c2cc3ccc(OCC)cc3s2)c(F)c1. The quantitative estimate of drug-likeness (QED) is 0.169. The van der Waals surface area contributed by atoms with Gasteiger partial charge >= 0.3 is 0 Å². The molecule has 3 nitrogen and oxygen atoms in total. The first kappa shape index (κ1) is 27.6. The van der Waals surface area contributed by atoms with E-state index in [0.717, 1.165) is 27.1 Å². The average Bonchev–Trinajstić information content (AvgIpc) is 3.28. The first-order valence-electron chi connectivity index (χ1n) is 12.2. The maximum Gasteiger partial charge on any atom is 0.132 e. The molecule has 3 rings (SSSR count). The topological polar surface area (TPSA) is 27.7 Å². The summed E-state index contributed by atoms with van der Waals surface area (Å²) in [6.07, 6.45) is 2.22. The van der Waals surface area contributed by atoms with Gasteiger partial charge in [-0.2, -0.15) is 0 Å². The highest BCUT2D eigenvalue weighted by atomic mass is 32.1. The van der Waals surface area contributed by atoms with Crippen LogP contribution >= 0.6 is 11.3 Å². The highest BCUT2D eigenvalue weighted by molar-refractivity contribution is 7.22. The summed E-state index contributed by atoms with van der Waals surface area (Å²) in [7, 11) is 0. The molecule has 0 saturated carbocycles. The third kappa shape index (κ3) is 7.28. The second-order valence-electron chi connectivity index (χ2n) is 8.78. The Bertz CT molecular complexity index is 1240. The van der Waals surface area contributed by atoms with Crippen LogP contribution in [0.1, 0.15) is 39.7 Å². The molecule has 192 valence electrons. The van der Waals surface area contributed by atoms with Crippen LogP contribution in [0.4, 0.5) is 8.78 Å². The van der Waals surface area contributed by atoms with E-state index >= 15 is 0 Å². The van der Waals surface area contributed by atoms with Crippen LogP contribution < -0.4 is 4.74 Å². The molecule has 1 heterocycles.